The molecule has 2 aromatic carbocycles. The summed E-state index contributed by atoms with van der Waals surface area (Å²) in [5, 5.41) is 6.16. The van der Waals surface area contributed by atoms with Crippen molar-refractivity contribution >= 4 is 10.9 Å². The summed E-state index contributed by atoms with van der Waals surface area (Å²) < 4.78 is 0. The van der Waals surface area contributed by atoms with E-state index < -0.39 is 0 Å². The largest absolute Gasteiger partial charge is 0.298 e. The smallest absolute Gasteiger partial charge is 0.271 e. The van der Waals surface area contributed by atoms with Crippen molar-refractivity contribution in [3.63, 3.8) is 0 Å². The van der Waals surface area contributed by atoms with E-state index in [1.165, 1.54) is 5.56 Å². The predicted octanol–water partition coefficient (Wildman–Crippen LogP) is 3.65. The molecule has 3 heteroatoms. The van der Waals surface area contributed by atoms with Crippen LogP contribution in [0.3, 0.4) is 0 Å². The number of aromatic amines is 2. The first-order valence-electron chi connectivity index (χ1n) is 6.46. The lowest BCUT2D eigenvalue weighted by molar-refractivity contribution is 0.867. The fraction of sp³-hybridized carbons (Fsp3) is 0.188. The minimum absolute atomic E-state index is 0.0723. The summed E-state index contributed by atoms with van der Waals surface area (Å²) in [4.78, 5) is 11.7. The number of benzene rings is 2. The van der Waals surface area contributed by atoms with Crippen molar-refractivity contribution in [3.8, 4) is 11.1 Å². The molecular weight excluding hydrogens is 236 g/mol. The van der Waals surface area contributed by atoms with E-state index in [9.17, 15) is 4.79 Å². The van der Waals surface area contributed by atoms with Gasteiger partial charge in [0.05, 0.1) is 10.9 Å². The first kappa shape index (κ1) is 11.8. The van der Waals surface area contributed by atoms with Crippen LogP contribution in [0.15, 0.2) is 47.3 Å². The fourth-order valence-corrected chi connectivity index (χ4v) is 2.29. The Morgan fingerprint density at radius 3 is 2.53 bits per heavy atom. The predicted molar refractivity (Wildman–Crippen MR) is 78.4 cm³/mol. The maximum absolute atomic E-state index is 11.7. The number of rotatable bonds is 2. The Hall–Kier alpha value is -2.29. The molecule has 0 spiro atoms. The van der Waals surface area contributed by atoms with Crippen LogP contribution < -0.4 is 5.56 Å². The normalized spacial score (nSPS) is 11.3. The van der Waals surface area contributed by atoms with E-state index in [1.807, 2.05) is 18.2 Å². The van der Waals surface area contributed by atoms with Crippen LogP contribution in [0.1, 0.15) is 25.3 Å². The number of H-pyrrole nitrogens is 2. The maximum atomic E-state index is 11.7. The average Bonchev–Trinajstić information content (AvgIpc) is 2.80. The summed E-state index contributed by atoms with van der Waals surface area (Å²) >= 11 is 0. The summed E-state index contributed by atoms with van der Waals surface area (Å²) in [6.07, 6.45) is 0. The molecule has 3 rings (SSSR count). The van der Waals surface area contributed by atoms with E-state index in [1.54, 1.807) is 0 Å². The van der Waals surface area contributed by atoms with Crippen molar-refractivity contribution in [1.29, 1.82) is 0 Å². The summed E-state index contributed by atoms with van der Waals surface area (Å²) in [6, 6.07) is 14.4. The lowest BCUT2D eigenvalue weighted by atomic mass is 9.97. The molecule has 0 aliphatic heterocycles. The topological polar surface area (TPSA) is 48.6 Å². The first-order valence-corrected chi connectivity index (χ1v) is 6.46. The van der Waals surface area contributed by atoms with Crippen molar-refractivity contribution < 1.29 is 0 Å². The number of nitrogens with one attached hydrogen (secondary N) is 2. The van der Waals surface area contributed by atoms with Gasteiger partial charge in [0.1, 0.15) is 0 Å². The molecule has 0 unspecified atom stereocenters. The Kier molecular flexibility index (Phi) is 2.75. The highest BCUT2D eigenvalue weighted by Gasteiger charge is 2.05. The number of hydrogen-bond acceptors (Lipinski definition) is 1. The minimum atomic E-state index is -0.0723. The van der Waals surface area contributed by atoms with Crippen LogP contribution in [0, 0.1) is 0 Å². The maximum Gasteiger partial charge on any atom is 0.271 e. The zero-order valence-electron chi connectivity index (χ0n) is 11.0. The van der Waals surface area contributed by atoms with Gasteiger partial charge < -0.3 is 0 Å². The molecule has 0 radical (unpaired) electrons. The molecule has 0 amide bonds. The van der Waals surface area contributed by atoms with Crippen LogP contribution in [0.4, 0.5) is 0 Å². The molecule has 0 aliphatic carbocycles. The van der Waals surface area contributed by atoms with Crippen LogP contribution in [-0.2, 0) is 0 Å². The minimum Gasteiger partial charge on any atom is -0.298 e. The van der Waals surface area contributed by atoms with Gasteiger partial charge in [-0.25, -0.2) is 0 Å². The second-order valence-electron chi connectivity index (χ2n) is 5.12. The zero-order valence-corrected chi connectivity index (χ0v) is 11.0. The van der Waals surface area contributed by atoms with Crippen LogP contribution in [-0.4, -0.2) is 10.2 Å². The fourth-order valence-electron chi connectivity index (χ4n) is 2.29. The van der Waals surface area contributed by atoms with E-state index in [-0.39, 0.29) is 5.56 Å². The molecule has 3 nitrogen and oxygen atoms in total. The van der Waals surface area contributed by atoms with E-state index in [4.69, 9.17) is 0 Å². The van der Waals surface area contributed by atoms with Gasteiger partial charge in [0.25, 0.3) is 5.56 Å². The molecule has 0 aliphatic rings. The summed E-state index contributed by atoms with van der Waals surface area (Å²) in [5.41, 5.74) is 4.29. The summed E-state index contributed by atoms with van der Waals surface area (Å²) in [5.74, 6) is 0.499. The van der Waals surface area contributed by atoms with Crippen LogP contribution in [0.25, 0.3) is 22.0 Å². The van der Waals surface area contributed by atoms with E-state index in [0.717, 1.165) is 16.6 Å². The van der Waals surface area contributed by atoms with Gasteiger partial charge in [-0.15, -0.1) is 0 Å². The van der Waals surface area contributed by atoms with Gasteiger partial charge >= 0.3 is 0 Å². The Morgan fingerprint density at radius 2 is 1.74 bits per heavy atom. The monoisotopic (exact) mass is 252 g/mol. The highest BCUT2D eigenvalue weighted by Crippen LogP contribution is 2.25. The Morgan fingerprint density at radius 1 is 0.947 bits per heavy atom. The van der Waals surface area contributed by atoms with Crippen molar-refractivity contribution in [2.45, 2.75) is 19.8 Å². The van der Waals surface area contributed by atoms with Crippen molar-refractivity contribution in [1.82, 2.24) is 10.2 Å². The molecule has 96 valence electrons. The number of hydrogen-bond donors (Lipinski definition) is 2. The zero-order chi connectivity index (χ0) is 13.4. The van der Waals surface area contributed by atoms with Crippen molar-refractivity contribution in [3.05, 3.63) is 58.4 Å². The second kappa shape index (κ2) is 4.43. The van der Waals surface area contributed by atoms with Crippen molar-refractivity contribution in [2.75, 3.05) is 0 Å². The van der Waals surface area contributed by atoms with Gasteiger partial charge in [0.2, 0.25) is 0 Å². The summed E-state index contributed by atoms with van der Waals surface area (Å²) in [6.45, 7) is 4.36. The average molecular weight is 252 g/mol. The third-order valence-electron chi connectivity index (χ3n) is 3.46. The van der Waals surface area contributed by atoms with Gasteiger partial charge in [-0.3, -0.25) is 15.0 Å². The standard InChI is InChI=1S/C16H16N2O/c1-10(2)11-4-3-5-12(8-11)13-6-7-15-14(9-13)16(19)18-17-15/h3-10H,1-2H3,(H2,17,18,19). The molecule has 1 heterocycles. The van der Waals surface area contributed by atoms with Crippen molar-refractivity contribution in [2.24, 2.45) is 0 Å². The molecular formula is C16H16N2O. The number of fused-ring (bicyclic) bond motifs is 1. The van der Waals surface area contributed by atoms with Gasteiger partial charge in [0.15, 0.2) is 0 Å². The molecule has 0 atom stereocenters. The molecule has 3 aromatic rings. The second-order valence-corrected chi connectivity index (χ2v) is 5.12. The van der Waals surface area contributed by atoms with Gasteiger partial charge in [-0.05, 0) is 34.7 Å². The molecule has 0 saturated carbocycles. The molecule has 0 bridgehead atoms. The quantitative estimate of drug-likeness (QED) is 0.718. The van der Waals surface area contributed by atoms with Gasteiger partial charge in [0, 0.05) is 0 Å². The van der Waals surface area contributed by atoms with E-state index in [0.29, 0.717) is 11.3 Å². The van der Waals surface area contributed by atoms with E-state index >= 15 is 0 Å². The summed E-state index contributed by atoms with van der Waals surface area (Å²) in [7, 11) is 0. The number of aromatic nitrogens is 2. The Labute approximate surface area is 111 Å². The van der Waals surface area contributed by atoms with Crippen LogP contribution in [0.5, 0.6) is 0 Å². The molecule has 2 N–H and O–H groups in total. The lowest BCUT2D eigenvalue weighted by Gasteiger charge is -2.08. The molecule has 0 saturated heterocycles. The van der Waals surface area contributed by atoms with Crippen LogP contribution in [0.2, 0.25) is 0 Å². The molecule has 1 aromatic heterocycles. The van der Waals surface area contributed by atoms with Gasteiger partial charge in [-0.2, -0.15) is 0 Å². The Balaban J connectivity index is 2.15. The highest BCUT2D eigenvalue weighted by atomic mass is 16.1. The third kappa shape index (κ3) is 2.08. The Bertz CT molecular complexity index is 781. The first-order chi connectivity index (χ1) is 9.15. The molecule has 19 heavy (non-hydrogen) atoms. The highest BCUT2D eigenvalue weighted by molar-refractivity contribution is 5.83. The SMILES string of the molecule is CC(C)c1cccc(-c2ccc3[nH][nH]c(=O)c3c2)c1. The molecule has 0 fully saturated rings. The van der Waals surface area contributed by atoms with Crippen LogP contribution >= 0.6 is 0 Å². The van der Waals surface area contributed by atoms with Gasteiger partial charge in [-0.1, -0.05) is 44.2 Å². The lowest BCUT2D eigenvalue weighted by Crippen LogP contribution is -1.97. The van der Waals surface area contributed by atoms with E-state index in [2.05, 4.69) is 48.3 Å². The third-order valence-corrected chi connectivity index (χ3v) is 3.46.